The van der Waals surface area contributed by atoms with Crippen LogP contribution >= 0.6 is 11.6 Å². The number of fused-ring (bicyclic) bond motifs is 1. The van der Waals surface area contributed by atoms with Crippen molar-refractivity contribution in [1.29, 1.82) is 5.26 Å². The molecule has 140 valence electrons. The number of rotatable bonds is 7. The highest BCUT2D eigenvalue weighted by molar-refractivity contribution is 7.86. The number of benzene rings is 1. The molecule has 0 saturated carbocycles. The molecular formula is C17H16ClN5O3S. The van der Waals surface area contributed by atoms with E-state index in [-0.39, 0.29) is 23.9 Å². The smallest absolute Gasteiger partial charge is 0.297 e. The van der Waals surface area contributed by atoms with Crippen LogP contribution in [0.1, 0.15) is 16.8 Å². The van der Waals surface area contributed by atoms with Crippen molar-refractivity contribution >= 4 is 33.2 Å². The van der Waals surface area contributed by atoms with Gasteiger partial charge in [0.25, 0.3) is 10.1 Å². The second kappa shape index (κ2) is 7.92. The zero-order chi connectivity index (χ0) is 19.4. The summed E-state index contributed by atoms with van der Waals surface area (Å²) in [4.78, 5) is 4.38. The summed E-state index contributed by atoms with van der Waals surface area (Å²) in [6.45, 7) is 2.00. The van der Waals surface area contributed by atoms with E-state index < -0.39 is 10.1 Å². The van der Waals surface area contributed by atoms with Gasteiger partial charge >= 0.3 is 0 Å². The van der Waals surface area contributed by atoms with Gasteiger partial charge in [0.1, 0.15) is 17.5 Å². The normalized spacial score (nSPS) is 11.4. The molecule has 0 aliphatic heterocycles. The van der Waals surface area contributed by atoms with Crippen LogP contribution in [0.3, 0.4) is 0 Å². The summed E-state index contributed by atoms with van der Waals surface area (Å²) in [5, 5.41) is 16.3. The maximum atomic E-state index is 12.2. The highest BCUT2D eigenvalue weighted by Crippen LogP contribution is 2.17. The minimum Gasteiger partial charge on any atom is -0.368 e. The van der Waals surface area contributed by atoms with Crippen molar-refractivity contribution in [3.8, 4) is 6.07 Å². The number of anilines is 1. The Morgan fingerprint density at radius 1 is 1.33 bits per heavy atom. The van der Waals surface area contributed by atoms with E-state index in [9.17, 15) is 8.42 Å². The first kappa shape index (κ1) is 19.1. The first-order valence-corrected chi connectivity index (χ1v) is 9.92. The van der Waals surface area contributed by atoms with Crippen LogP contribution in [0.25, 0.3) is 5.65 Å². The third-order valence-electron chi connectivity index (χ3n) is 3.74. The van der Waals surface area contributed by atoms with Crippen LogP contribution < -0.4 is 5.32 Å². The summed E-state index contributed by atoms with van der Waals surface area (Å²) < 4.78 is 30.9. The van der Waals surface area contributed by atoms with Crippen molar-refractivity contribution in [2.45, 2.75) is 17.7 Å². The molecule has 0 fully saturated rings. The third-order valence-corrected chi connectivity index (χ3v) is 5.34. The van der Waals surface area contributed by atoms with Crippen molar-refractivity contribution in [2.75, 3.05) is 18.5 Å². The van der Waals surface area contributed by atoms with E-state index >= 15 is 0 Å². The lowest BCUT2D eigenvalue weighted by Gasteiger charge is -2.10. The lowest BCUT2D eigenvalue weighted by atomic mass is 10.2. The molecule has 0 aliphatic carbocycles. The fraction of sp³-hybridized carbons (Fsp3) is 0.235. The Hall–Kier alpha value is -2.67. The van der Waals surface area contributed by atoms with Gasteiger partial charge in [-0.3, -0.25) is 4.18 Å². The molecular weight excluding hydrogens is 390 g/mol. The van der Waals surface area contributed by atoms with Crippen LogP contribution in [0, 0.1) is 18.3 Å². The van der Waals surface area contributed by atoms with E-state index in [0.29, 0.717) is 22.7 Å². The van der Waals surface area contributed by atoms with Gasteiger partial charge < -0.3 is 5.32 Å². The lowest BCUT2D eigenvalue weighted by Crippen LogP contribution is -2.16. The van der Waals surface area contributed by atoms with E-state index in [0.717, 1.165) is 5.56 Å². The van der Waals surface area contributed by atoms with Gasteiger partial charge in [-0.15, -0.1) is 11.6 Å². The Morgan fingerprint density at radius 3 is 2.74 bits per heavy atom. The number of aromatic nitrogens is 3. The number of hydrogen-bond donors (Lipinski definition) is 1. The second-order valence-electron chi connectivity index (χ2n) is 5.69. The zero-order valence-corrected chi connectivity index (χ0v) is 16.0. The van der Waals surface area contributed by atoms with E-state index in [4.69, 9.17) is 21.0 Å². The molecule has 3 rings (SSSR count). The summed E-state index contributed by atoms with van der Waals surface area (Å²) >= 11 is 5.86. The molecule has 0 amide bonds. The SMILES string of the molecule is Cc1ccc(S(=O)(=O)OCCNc2cc(CCl)nc3c(C#N)cnn23)cc1. The van der Waals surface area contributed by atoms with Gasteiger partial charge in [-0.2, -0.15) is 23.3 Å². The molecule has 1 N–H and O–H groups in total. The third kappa shape index (κ3) is 4.19. The van der Waals surface area contributed by atoms with Gasteiger partial charge in [0.2, 0.25) is 0 Å². The molecule has 0 bridgehead atoms. The molecule has 0 saturated heterocycles. The van der Waals surface area contributed by atoms with Crippen LogP contribution in [0.2, 0.25) is 0 Å². The quantitative estimate of drug-likeness (QED) is 0.365. The van der Waals surface area contributed by atoms with Gasteiger partial charge in [-0.1, -0.05) is 17.7 Å². The Kier molecular flexibility index (Phi) is 5.60. The van der Waals surface area contributed by atoms with Crippen LogP contribution in [0.15, 0.2) is 41.4 Å². The molecule has 0 aliphatic rings. The van der Waals surface area contributed by atoms with Gasteiger partial charge in [-0.05, 0) is 19.1 Å². The predicted molar refractivity (Wildman–Crippen MR) is 100 cm³/mol. The van der Waals surface area contributed by atoms with Crippen molar-refractivity contribution in [2.24, 2.45) is 0 Å². The first-order valence-electron chi connectivity index (χ1n) is 7.98. The minimum absolute atomic E-state index is 0.0807. The second-order valence-corrected chi connectivity index (χ2v) is 7.57. The van der Waals surface area contributed by atoms with Gasteiger partial charge in [0.05, 0.1) is 29.3 Å². The summed E-state index contributed by atoms with van der Waals surface area (Å²) in [6.07, 6.45) is 1.41. The average molecular weight is 406 g/mol. The van der Waals surface area contributed by atoms with Crippen molar-refractivity contribution in [1.82, 2.24) is 14.6 Å². The van der Waals surface area contributed by atoms with Gasteiger partial charge in [0, 0.05) is 12.6 Å². The standard InChI is InChI=1S/C17H16ClN5O3S/c1-12-2-4-15(5-3-12)27(24,25)26-7-6-20-16-8-14(9-18)22-17-13(10-19)11-21-23(16)17/h2-5,8,11,20H,6-7,9H2,1H3. The first-order chi connectivity index (χ1) is 12.9. The van der Waals surface area contributed by atoms with E-state index in [1.807, 2.05) is 13.0 Å². The number of halogens is 1. The Labute approximate surface area is 161 Å². The molecule has 0 unspecified atom stereocenters. The Balaban J connectivity index is 1.69. The summed E-state index contributed by atoms with van der Waals surface area (Å²) in [6, 6.07) is 10.1. The number of alkyl halides is 1. The topological polar surface area (TPSA) is 109 Å². The van der Waals surface area contributed by atoms with Gasteiger partial charge in [-0.25, -0.2) is 4.98 Å². The average Bonchev–Trinajstić information content (AvgIpc) is 3.08. The van der Waals surface area contributed by atoms with E-state index in [1.165, 1.54) is 22.8 Å². The van der Waals surface area contributed by atoms with E-state index in [2.05, 4.69) is 15.4 Å². The number of aryl methyl sites for hydroxylation is 1. The largest absolute Gasteiger partial charge is 0.368 e. The molecule has 2 aromatic heterocycles. The molecule has 27 heavy (non-hydrogen) atoms. The van der Waals surface area contributed by atoms with Crippen LogP contribution in [-0.2, 0) is 20.2 Å². The number of hydrogen-bond acceptors (Lipinski definition) is 7. The highest BCUT2D eigenvalue weighted by Gasteiger charge is 2.15. The molecule has 2 heterocycles. The van der Waals surface area contributed by atoms with Crippen LogP contribution in [0.4, 0.5) is 5.82 Å². The molecule has 0 spiro atoms. The molecule has 1 aromatic carbocycles. The van der Waals surface area contributed by atoms with Crippen LogP contribution in [-0.4, -0.2) is 36.2 Å². The van der Waals surface area contributed by atoms with Gasteiger partial charge in [0.15, 0.2) is 5.65 Å². The fourth-order valence-corrected chi connectivity index (χ4v) is 3.43. The summed E-state index contributed by atoms with van der Waals surface area (Å²) in [5.74, 6) is 0.702. The Morgan fingerprint density at radius 2 is 2.07 bits per heavy atom. The minimum atomic E-state index is -3.83. The van der Waals surface area contributed by atoms with E-state index in [1.54, 1.807) is 18.2 Å². The number of nitrogens with zero attached hydrogens (tertiary/aromatic N) is 4. The van der Waals surface area contributed by atoms with Crippen molar-refractivity contribution < 1.29 is 12.6 Å². The zero-order valence-electron chi connectivity index (χ0n) is 14.4. The lowest BCUT2D eigenvalue weighted by molar-refractivity contribution is 0.331. The Bertz CT molecular complexity index is 1100. The number of nitrogens with one attached hydrogen (secondary N) is 1. The van der Waals surface area contributed by atoms with Crippen molar-refractivity contribution in [3.05, 3.63) is 53.3 Å². The summed E-state index contributed by atoms with van der Waals surface area (Å²) in [7, 11) is -3.83. The highest BCUT2D eigenvalue weighted by atomic mass is 35.5. The fourth-order valence-electron chi connectivity index (χ4n) is 2.39. The molecule has 0 atom stereocenters. The van der Waals surface area contributed by atoms with Crippen LogP contribution in [0.5, 0.6) is 0 Å². The monoisotopic (exact) mass is 405 g/mol. The molecule has 3 aromatic rings. The molecule has 0 radical (unpaired) electrons. The predicted octanol–water partition coefficient (Wildman–Crippen LogP) is 2.47. The maximum Gasteiger partial charge on any atom is 0.297 e. The molecule has 8 nitrogen and oxygen atoms in total. The maximum absolute atomic E-state index is 12.2. The summed E-state index contributed by atoms with van der Waals surface area (Å²) in [5.41, 5.74) is 2.23. The molecule has 10 heteroatoms. The van der Waals surface area contributed by atoms with Crippen molar-refractivity contribution in [3.63, 3.8) is 0 Å². The number of nitriles is 1.